The number of carbonyl (C=O) groups excluding carboxylic acids is 1. The van der Waals surface area contributed by atoms with E-state index in [1.54, 1.807) is 0 Å². The summed E-state index contributed by atoms with van der Waals surface area (Å²) in [5.41, 5.74) is 7.56. The highest BCUT2D eigenvalue weighted by Crippen LogP contribution is 2.17. The fourth-order valence-electron chi connectivity index (χ4n) is 1.71. The third-order valence-electron chi connectivity index (χ3n) is 2.60. The van der Waals surface area contributed by atoms with Crippen molar-refractivity contribution in [2.75, 3.05) is 30.3 Å². The van der Waals surface area contributed by atoms with Crippen molar-refractivity contribution in [2.24, 2.45) is 0 Å². The Labute approximate surface area is 103 Å². The number of nitrogens with zero attached hydrogens (tertiary/aromatic N) is 1. The molecule has 0 radical (unpaired) electrons. The predicted molar refractivity (Wildman–Crippen MR) is 72.0 cm³/mol. The van der Waals surface area contributed by atoms with Gasteiger partial charge in [-0.1, -0.05) is 6.07 Å². The van der Waals surface area contributed by atoms with Crippen LogP contribution >= 0.6 is 0 Å². The molecule has 0 unspecified atom stereocenters. The molecule has 1 amide bonds. The van der Waals surface area contributed by atoms with Gasteiger partial charge in [0.2, 0.25) is 5.91 Å². The van der Waals surface area contributed by atoms with E-state index in [1.165, 1.54) is 0 Å². The first-order valence-corrected chi connectivity index (χ1v) is 6.04. The lowest BCUT2D eigenvalue weighted by atomic mass is 10.2. The van der Waals surface area contributed by atoms with Crippen LogP contribution in [0.15, 0.2) is 24.3 Å². The van der Waals surface area contributed by atoms with E-state index in [0.717, 1.165) is 17.9 Å². The maximum Gasteiger partial charge on any atom is 0.221 e. The lowest BCUT2D eigenvalue weighted by Gasteiger charge is -2.23. The molecule has 17 heavy (non-hydrogen) atoms. The van der Waals surface area contributed by atoms with Crippen molar-refractivity contribution in [2.45, 2.75) is 20.3 Å². The number of nitrogens with one attached hydrogen (secondary N) is 1. The molecular formula is C13H21N3O. The average Bonchev–Trinajstić information content (AvgIpc) is 2.30. The van der Waals surface area contributed by atoms with Gasteiger partial charge in [-0.25, -0.2) is 0 Å². The molecule has 0 fully saturated rings. The molecule has 0 aliphatic carbocycles. The zero-order valence-electron chi connectivity index (χ0n) is 10.6. The molecule has 0 aromatic heterocycles. The molecule has 0 saturated heterocycles. The quantitative estimate of drug-likeness (QED) is 0.737. The highest BCUT2D eigenvalue weighted by atomic mass is 16.1. The Morgan fingerprint density at radius 3 is 2.76 bits per heavy atom. The third kappa shape index (κ3) is 4.34. The first kappa shape index (κ1) is 13.4. The van der Waals surface area contributed by atoms with E-state index in [2.05, 4.69) is 17.1 Å². The summed E-state index contributed by atoms with van der Waals surface area (Å²) in [4.78, 5) is 13.5. The summed E-state index contributed by atoms with van der Waals surface area (Å²) in [6.07, 6.45) is 0.510. The number of rotatable bonds is 6. The van der Waals surface area contributed by atoms with Crippen LogP contribution in [0, 0.1) is 0 Å². The van der Waals surface area contributed by atoms with Gasteiger partial charge in [-0.15, -0.1) is 0 Å². The number of nitrogen functional groups attached to an aromatic ring is 1. The molecule has 4 nitrogen and oxygen atoms in total. The molecule has 0 bridgehead atoms. The summed E-state index contributed by atoms with van der Waals surface area (Å²) in [5.74, 6) is 0.0925. The molecule has 0 heterocycles. The SMILES string of the molecule is CCNC(=O)CCN(CC)c1cccc(N)c1. The minimum atomic E-state index is 0.0925. The van der Waals surface area contributed by atoms with E-state index >= 15 is 0 Å². The summed E-state index contributed by atoms with van der Waals surface area (Å²) in [6, 6.07) is 7.74. The molecule has 4 heteroatoms. The normalized spacial score (nSPS) is 10.0. The van der Waals surface area contributed by atoms with Gasteiger partial charge >= 0.3 is 0 Å². The zero-order chi connectivity index (χ0) is 12.7. The summed E-state index contributed by atoms with van der Waals surface area (Å²) < 4.78 is 0. The van der Waals surface area contributed by atoms with Gasteiger partial charge in [0, 0.05) is 37.4 Å². The van der Waals surface area contributed by atoms with Crippen LogP contribution in [0.4, 0.5) is 11.4 Å². The van der Waals surface area contributed by atoms with Gasteiger partial charge in [-0.05, 0) is 32.0 Å². The summed E-state index contributed by atoms with van der Waals surface area (Å²) in [6.45, 7) is 6.26. The van der Waals surface area contributed by atoms with Crippen molar-refractivity contribution in [1.82, 2.24) is 5.32 Å². The number of amides is 1. The Morgan fingerprint density at radius 1 is 1.41 bits per heavy atom. The lowest BCUT2D eigenvalue weighted by Crippen LogP contribution is -2.30. The number of anilines is 2. The van der Waals surface area contributed by atoms with Crippen molar-refractivity contribution >= 4 is 17.3 Å². The first-order chi connectivity index (χ1) is 8.17. The molecule has 1 aromatic rings. The Morgan fingerprint density at radius 2 is 2.18 bits per heavy atom. The highest BCUT2D eigenvalue weighted by molar-refractivity contribution is 5.76. The van der Waals surface area contributed by atoms with Crippen molar-refractivity contribution in [3.63, 3.8) is 0 Å². The van der Waals surface area contributed by atoms with Gasteiger partial charge in [0.1, 0.15) is 0 Å². The number of hydrogen-bond donors (Lipinski definition) is 2. The standard InChI is InChI=1S/C13H21N3O/c1-3-15-13(17)8-9-16(4-2)12-7-5-6-11(14)10-12/h5-7,10H,3-4,8-9,14H2,1-2H3,(H,15,17). The Hall–Kier alpha value is -1.71. The van der Waals surface area contributed by atoms with E-state index in [0.29, 0.717) is 19.5 Å². The minimum absolute atomic E-state index is 0.0925. The highest BCUT2D eigenvalue weighted by Gasteiger charge is 2.07. The van der Waals surface area contributed by atoms with Gasteiger partial charge in [0.05, 0.1) is 0 Å². The van der Waals surface area contributed by atoms with Crippen LogP contribution in [0.25, 0.3) is 0 Å². The third-order valence-corrected chi connectivity index (χ3v) is 2.60. The molecular weight excluding hydrogens is 214 g/mol. The second-order valence-electron chi connectivity index (χ2n) is 3.88. The van der Waals surface area contributed by atoms with E-state index < -0.39 is 0 Å². The van der Waals surface area contributed by atoms with E-state index in [9.17, 15) is 4.79 Å². The van der Waals surface area contributed by atoms with Crippen LogP contribution in [0.2, 0.25) is 0 Å². The van der Waals surface area contributed by atoms with Crippen molar-refractivity contribution in [1.29, 1.82) is 0 Å². The summed E-state index contributed by atoms with van der Waals surface area (Å²) in [5, 5.41) is 2.80. The van der Waals surface area contributed by atoms with E-state index in [1.807, 2.05) is 31.2 Å². The molecule has 0 aliphatic heterocycles. The van der Waals surface area contributed by atoms with Crippen LogP contribution in [0.1, 0.15) is 20.3 Å². The number of nitrogens with two attached hydrogens (primary N) is 1. The number of benzene rings is 1. The van der Waals surface area contributed by atoms with Gasteiger partial charge in [-0.2, -0.15) is 0 Å². The van der Waals surface area contributed by atoms with Crippen molar-refractivity contribution < 1.29 is 4.79 Å². The van der Waals surface area contributed by atoms with Gasteiger partial charge in [0.25, 0.3) is 0 Å². The smallest absolute Gasteiger partial charge is 0.221 e. The molecule has 0 saturated carbocycles. The maximum atomic E-state index is 11.4. The molecule has 0 atom stereocenters. The largest absolute Gasteiger partial charge is 0.399 e. The van der Waals surface area contributed by atoms with Gasteiger partial charge in [-0.3, -0.25) is 4.79 Å². The first-order valence-electron chi connectivity index (χ1n) is 6.04. The molecule has 1 aromatic carbocycles. The Balaban J connectivity index is 2.57. The van der Waals surface area contributed by atoms with Crippen LogP contribution in [0.3, 0.4) is 0 Å². The van der Waals surface area contributed by atoms with Crippen molar-refractivity contribution in [3.8, 4) is 0 Å². The van der Waals surface area contributed by atoms with Crippen molar-refractivity contribution in [3.05, 3.63) is 24.3 Å². The fraction of sp³-hybridized carbons (Fsp3) is 0.462. The molecule has 94 valence electrons. The summed E-state index contributed by atoms with van der Waals surface area (Å²) in [7, 11) is 0. The average molecular weight is 235 g/mol. The van der Waals surface area contributed by atoms with E-state index in [4.69, 9.17) is 5.73 Å². The topological polar surface area (TPSA) is 58.4 Å². The predicted octanol–water partition coefficient (Wildman–Crippen LogP) is 1.62. The molecule has 0 aliphatic rings. The zero-order valence-corrected chi connectivity index (χ0v) is 10.6. The van der Waals surface area contributed by atoms with Crippen LogP contribution < -0.4 is 16.0 Å². The van der Waals surface area contributed by atoms with Gasteiger partial charge in [0.15, 0.2) is 0 Å². The van der Waals surface area contributed by atoms with Crippen LogP contribution in [-0.4, -0.2) is 25.5 Å². The lowest BCUT2D eigenvalue weighted by molar-refractivity contribution is -0.120. The molecule has 3 N–H and O–H groups in total. The van der Waals surface area contributed by atoms with E-state index in [-0.39, 0.29) is 5.91 Å². The summed E-state index contributed by atoms with van der Waals surface area (Å²) >= 11 is 0. The van der Waals surface area contributed by atoms with Gasteiger partial charge < -0.3 is 16.0 Å². The Bertz CT molecular complexity index is 365. The minimum Gasteiger partial charge on any atom is -0.399 e. The number of hydrogen-bond acceptors (Lipinski definition) is 3. The van der Waals surface area contributed by atoms with Crippen LogP contribution in [-0.2, 0) is 4.79 Å². The fourth-order valence-corrected chi connectivity index (χ4v) is 1.71. The second kappa shape index (κ2) is 6.78. The second-order valence-corrected chi connectivity index (χ2v) is 3.88. The van der Waals surface area contributed by atoms with Crippen LogP contribution in [0.5, 0.6) is 0 Å². The Kier molecular flexibility index (Phi) is 5.33. The number of carbonyl (C=O) groups is 1. The maximum absolute atomic E-state index is 11.4. The molecule has 0 spiro atoms. The monoisotopic (exact) mass is 235 g/mol. The molecule has 1 rings (SSSR count).